The summed E-state index contributed by atoms with van der Waals surface area (Å²) in [4.78, 5) is 27.2. The second kappa shape index (κ2) is 8.89. The molecule has 7 nitrogen and oxygen atoms in total. The first-order valence-electron chi connectivity index (χ1n) is 7.74. The molecule has 8 heteroatoms. The SMILES string of the molecule is C#CCOc1cc(F)ccc1NC(=O)N1CCN(CC(=O)OC)CC1. The van der Waals surface area contributed by atoms with Gasteiger partial charge in [0.1, 0.15) is 18.2 Å². The molecule has 25 heavy (non-hydrogen) atoms. The number of ether oxygens (including phenoxy) is 2. The molecule has 1 aliphatic rings. The van der Waals surface area contributed by atoms with Crippen LogP contribution < -0.4 is 10.1 Å². The van der Waals surface area contributed by atoms with Crippen LogP contribution in [0.25, 0.3) is 0 Å². The van der Waals surface area contributed by atoms with Crippen molar-refractivity contribution in [2.24, 2.45) is 0 Å². The topological polar surface area (TPSA) is 71.1 Å². The van der Waals surface area contributed by atoms with Gasteiger partial charge >= 0.3 is 12.0 Å². The number of hydrogen-bond acceptors (Lipinski definition) is 5. The number of nitrogens with zero attached hydrogens (tertiary/aromatic N) is 2. The van der Waals surface area contributed by atoms with E-state index in [0.29, 0.717) is 31.9 Å². The van der Waals surface area contributed by atoms with E-state index in [1.165, 1.54) is 25.3 Å². The number of urea groups is 1. The Kier molecular flexibility index (Phi) is 6.60. The lowest BCUT2D eigenvalue weighted by Gasteiger charge is -2.34. The monoisotopic (exact) mass is 349 g/mol. The number of methoxy groups -OCH3 is 1. The summed E-state index contributed by atoms with van der Waals surface area (Å²) in [5.41, 5.74) is 0.346. The Bertz CT molecular complexity index is 666. The third-order valence-corrected chi connectivity index (χ3v) is 3.74. The average molecular weight is 349 g/mol. The largest absolute Gasteiger partial charge is 0.479 e. The van der Waals surface area contributed by atoms with Crippen LogP contribution in [0.2, 0.25) is 0 Å². The molecular formula is C17H20FN3O4. The Morgan fingerprint density at radius 1 is 1.32 bits per heavy atom. The molecule has 0 saturated carbocycles. The molecule has 0 aromatic heterocycles. The highest BCUT2D eigenvalue weighted by Crippen LogP contribution is 2.25. The summed E-state index contributed by atoms with van der Waals surface area (Å²) in [5.74, 6) is 1.68. The lowest BCUT2D eigenvalue weighted by atomic mass is 10.2. The number of hydrogen-bond donors (Lipinski definition) is 1. The van der Waals surface area contributed by atoms with E-state index in [0.717, 1.165) is 0 Å². The second-order valence-electron chi connectivity index (χ2n) is 5.40. The Labute approximate surface area is 145 Å². The zero-order chi connectivity index (χ0) is 18.2. The summed E-state index contributed by atoms with van der Waals surface area (Å²) >= 11 is 0. The van der Waals surface area contributed by atoms with E-state index in [1.807, 2.05) is 4.90 Å². The second-order valence-corrected chi connectivity index (χ2v) is 5.40. The molecular weight excluding hydrogens is 329 g/mol. The smallest absolute Gasteiger partial charge is 0.322 e. The van der Waals surface area contributed by atoms with Crippen LogP contribution >= 0.6 is 0 Å². The van der Waals surface area contributed by atoms with Crippen molar-refractivity contribution in [1.82, 2.24) is 9.80 Å². The number of esters is 1. The lowest BCUT2D eigenvalue weighted by Crippen LogP contribution is -2.51. The number of amides is 2. The Morgan fingerprint density at radius 2 is 2.04 bits per heavy atom. The zero-order valence-electron chi connectivity index (χ0n) is 14.0. The van der Waals surface area contributed by atoms with Crippen LogP contribution in [0.4, 0.5) is 14.9 Å². The minimum absolute atomic E-state index is 0.0292. The van der Waals surface area contributed by atoms with Crippen LogP contribution in [0.15, 0.2) is 18.2 Å². The van der Waals surface area contributed by atoms with Gasteiger partial charge in [0, 0.05) is 32.2 Å². The van der Waals surface area contributed by atoms with E-state index < -0.39 is 5.82 Å². The Balaban J connectivity index is 1.93. The predicted molar refractivity (Wildman–Crippen MR) is 89.8 cm³/mol. The van der Waals surface area contributed by atoms with Crippen molar-refractivity contribution in [1.29, 1.82) is 0 Å². The highest BCUT2D eigenvalue weighted by molar-refractivity contribution is 5.91. The van der Waals surface area contributed by atoms with Crippen molar-refractivity contribution in [2.75, 3.05) is 51.8 Å². The van der Waals surface area contributed by atoms with Gasteiger partial charge in [-0.1, -0.05) is 5.92 Å². The van der Waals surface area contributed by atoms with Crippen molar-refractivity contribution < 1.29 is 23.5 Å². The highest BCUT2D eigenvalue weighted by atomic mass is 19.1. The molecule has 1 N–H and O–H groups in total. The molecule has 1 saturated heterocycles. The molecule has 0 radical (unpaired) electrons. The van der Waals surface area contributed by atoms with Crippen molar-refractivity contribution >= 4 is 17.7 Å². The van der Waals surface area contributed by atoms with Gasteiger partial charge in [-0.15, -0.1) is 6.42 Å². The summed E-state index contributed by atoms with van der Waals surface area (Å²) in [6.45, 7) is 2.22. The van der Waals surface area contributed by atoms with Crippen LogP contribution in [0.3, 0.4) is 0 Å². The van der Waals surface area contributed by atoms with Gasteiger partial charge in [0.2, 0.25) is 0 Å². The number of terminal acetylenes is 1. The van der Waals surface area contributed by atoms with Crippen molar-refractivity contribution in [2.45, 2.75) is 0 Å². The summed E-state index contributed by atoms with van der Waals surface area (Å²) in [5, 5.41) is 2.70. The van der Waals surface area contributed by atoms with Gasteiger partial charge < -0.3 is 19.7 Å². The first kappa shape index (κ1) is 18.5. The number of rotatable bonds is 5. The first-order chi connectivity index (χ1) is 12.0. The van der Waals surface area contributed by atoms with Gasteiger partial charge in [0.05, 0.1) is 19.3 Å². The van der Waals surface area contributed by atoms with E-state index in [4.69, 9.17) is 11.2 Å². The number of piperazine rings is 1. The van der Waals surface area contributed by atoms with Gasteiger partial charge in [0.25, 0.3) is 0 Å². The van der Waals surface area contributed by atoms with Gasteiger partial charge in [0.15, 0.2) is 0 Å². The maximum absolute atomic E-state index is 13.3. The molecule has 1 heterocycles. The number of anilines is 1. The maximum Gasteiger partial charge on any atom is 0.322 e. The standard InChI is InChI=1S/C17H20FN3O4/c1-3-10-25-15-11-13(18)4-5-14(15)19-17(23)21-8-6-20(7-9-21)12-16(22)24-2/h1,4-5,11H,6-10,12H2,2H3,(H,19,23). The first-order valence-corrected chi connectivity index (χ1v) is 7.74. The van der Waals surface area contributed by atoms with E-state index in [2.05, 4.69) is 16.0 Å². The number of carbonyl (C=O) groups is 2. The third kappa shape index (κ3) is 5.36. The molecule has 1 fully saturated rings. The highest BCUT2D eigenvalue weighted by Gasteiger charge is 2.23. The van der Waals surface area contributed by atoms with Crippen LogP contribution in [0.5, 0.6) is 5.75 Å². The molecule has 0 bridgehead atoms. The van der Waals surface area contributed by atoms with Crippen LogP contribution in [-0.4, -0.2) is 68.2 Å². The number of carbonyl (C=O) groups excluding carboxylic acids is 2. The Hall–Kier alpha value is -2.79. The van der Waals surface area contributed by atoms with Crippen LogP contribution in [-0.2, 0) is 9.53 Å². The quantitative estimate of drug-likeness (QED) is 0.638. The molecule has 0 aliphatic carbocycles. The molecule has 0 spiro atoms. The van der Waals surface area contributed by atoms with E-state index >= 15 is 0 Å². The molecule has 2 rings (SSSR count). The molecule has 0 unspecified atom stereocenters. The third-order valence-electron chi connectivity index (χ3n) is 3.74. The summed E-state index contributed by atoms with van der Waals surface area (Å²) in [7, 11) is 1.34. The molecule has 0 atom stereocenters. The molecule has 1 aliphatic heterocycles. The molecule has 1 aromatic rings. The normalized spacial score (nSPS) is 14.5. The minimum atomic E-state index is -0.485. The lowest BCUT2D eigenvalue weighted by molar-refractivity contribution is -0.142. The summed E-state index contributed by atoms with van der Waals surface area (Å²) < 4.78 is 23.2. The average Bonchev–Trinajstić information content (AvgIpc) is 2.62. The molecule has 1 aromatic carbocycles. The van der Waals surface area contributed by atoms with Crippen molar-refractivity contribution in [3.63, 3.8) is 0 Å². The molecule has 2 amide bonds. The van der Waals surface area contributed by atoms with Crippen LogP contribution in [0, 0.1) is 18.2 Å². The van der Waals surface area contributed by atoms with Gasteiger partial charge in [-0.3, -0.25) is 9.69 Å². The van der Waals surface area contributed by atoms with Crippen molar-refractivity contribution in [3.8, 4) is 18.1 Å². The van der Waals surface area contributed by atoms with E-state index in [-0.39, 0.29) is 30.9 Å². The zero-order valence-corrected chi connectivity index (χ0v) is 14.0. The molecule has 134 valence electrons. The maximum atomic E-state index is 13.3. The minimum Gasteiger partial charge on any atom is -0.479 e. The van der Waals surface area contributed by atoms with Crippen LogP contribution in [0.1, 0.15) is 0 Å². The van der Waals surface area contributed by atoms with Gasteiger partial charge in [-0.05, 0) is 12.1 Å². The summed E-state index contributed by atoms with van der Waals surface area (Å²) in [6.07, 6.45) is 5.14. The fourth-order valence-electron chi connectivity index (χ4n) is 2.39. The fraction of sp³-hybridized carbons (Fsp3) is 0.412. The van der Waals surface area contributed by atoms with E-state index in [1.54, 1.807) is 4.90 Å². The Morgan fingerprint density at radius 3 is 2.68 bits per heavy atom. The number of nitrogens with one attached hydrogen (secondary N) is 1. The van der Waals surface area contributed by atoms with Crippen molar-refractivity contribution in [3.05, 3.63) is 24.0 Å². The fourth-order valence-corrected chi connectivity index (χ4v) is 2.39. The number of halogens is 1. The van der Waals surface area contributed by atoms with Gasteiger partial charge in [-0.25, -0.2) is 9.18 Å². The predicted octanol–water partition coefficient (Wildman–Crippen LogP) is 1.16. The number of benzene rings is 1. The van der Waals surface area contributed by atoms with Gasteiger partial charge in [-0.2, -0.15) is 0 Å². The summed E-state index contributed by atoms with van der Waals surface area (Å²) in [6, 6.07) is 3.50. The van der Waals surface area contributed by atoms with E-state index in [9.17, 15) is 14.0 Å².